The van der Waals surface area contributed by atoms with Crippen LogP contribution in [-0.4, -0.2) is 54.0 Å². The lowest BCUT2D eigenvalue weighted by molar-refractivity contribution is 0.184. The molecule has 3 aromatic carbocycles. The van der Waals surface area contributed by atoms with E-state index < -0.39 is 53.5 Å². The predicted molar refractivity (Wildman–Crippen MR) is 180 cm³/mol. The number of hydrogen-bond acceptors (Lipinski definition) is 7. The Bertz CT molecular complexity index is 1830. The van der Waals surface area contributed by atoms with Gasteiger partial charge in [0.2, 0.25) is 0 Å². The lowest BCUT2D eigenvalue weighted by atomic mass is 9.84. The van der Waals surface area contributed by atoms with E-state index in [9.17, 15) is 30.4 Å². The highest BCUT2D eigenvalue weighted by atomic mass is 32.2. The van der Waals surface area contributed by atoms with Crippen LogP contribution in [0.2, 0.25) is 0 Å². The number of aliphatic hydroxyl groups excluding tert-OH is 1. The van der Waals surface area contributed by atoms with E-state index >= 15 is 0 Å². The molecule has 0 unspecified atom stereocenters. The first-order valence-electron chi connectivity index (χ1n) is 16.2. The van der Waals surface area contributed by atoms with E-state index in [2.05, 4.69) is 4.72 Å². The van der Waals surface area contributed by atoms with Crippen LogP contribution in [0.4, 0.5) is 11.4 Å². The molecule has 0 bridgehead atoms. The summed E-state index contributed by atoms with van der Waals surface area (Å²) in [5.74, 6) is -0.233. The second-order valence-corrected chi connectivity index (χ2v) is 18.6. The van der Waals surface area contributed by atoms with Gasteiger partial charge in [-0.05, 0) is 97.2 Å². The van der Waals surface area contributed by atoms with Crippen LogP contribution in [0.15, 0.2) is 82.6 Å². The van der Waals surface area contributed by atoms with E-state index in [1.54, 1.807) is 24.3 Å². The zero-order valence-corrected chi connectivity index (χ0v) is 28.2. The standard InChI is InChI=1S/C34H42N2O7S3/c37-34-24-44(38,39)23-33(34)36(46(42,43)32-21-13-28(14-22-32)26-9-5-2-6-10-26)30-17-15-29(16-18-30)35-45(40,41)31-19-11-27(12-20-31)25-7-3-1-4-8-25/h11-22,25-26,33-35,37H,1-10,23-24H2/t33-,34+/m0/s1. The summed E-state index contributed by atoms with van der Waals surface area (Å²) in [6.45, 7) is 0. The number of nitrogens with one attached hydrogen (secondary N) is 1. The average molecular weight is 687 g/mol. The van der Waals surface area contributed by atoms with E-state index in [0.717, 1.165) is 54.0 Å². The zero-order chi connectivity index (χ0) is 32.5. The fourth-order valence-electron chi connectivity index (χ4n) is 7.25. The number of hydrogen-bond donors (Lipinski definition) is 2. The maximum atomic E-state index is 14.1. The Kier molecular flexibility index (Phi) is 9.53. The predicted octanol–water partition coefficient (Wildman–Crippen LogP) is 5.94. The molecule has 46 heavy (non-hydrogen) atoms. The first-order valence-corrected chi connectivity index (χ1v) is 20.9. The van der Waals surface area contributed by atoms with Crippen molar-refractivity contribution in [3.63, 3.8) is 0 Å². The Hall–Kier alpha value is -2.93. The molecule has 3 aromatic rings. The first kappa shape index (κ1) is 33.0. The Balaban J connectivity index is 1.25. The van der Waals surface area contributed by atoms with Gasteiger partial charge in [0.1, 0.15) is 0 Å². The van der Waals surface area contributed by atoms with Crippen molar-refractivity contribution in [3.05, 3.63) is 83.9 Å². The molecule has 0 aromatic heterocycles. The summed E-state index contributed by atoms with van der Waals surface area (Å²) in [5, 5.41) is 10.7. The monoisotopic (exact) mass is 686 g/mol. The molecule has 2 atom stereocenters. The molecule has 1 aliphatic heterocycles. The van der Waals surface area contributed by atoms with Crippen LogP contribution >= 0.6 is 0 Å². The summed E-state index contributed by atoms with van der Waals surface area (Å²) in [5.41, 5.74) is 2.56. The number of benzene rings is 3. The van der Waals surface area contributed by atoms with Crippen molar-refractivity contribution in [1.29, 1.82) is 0 Å². The van der Waals surface area contributed by atoms with Gasteiger partial charge in [0.25, 0.3) is 20.0 Å². The van der Waals surface area contributed by atoms with Crippen molar-refractivity contribution < 1.29 is 30.4 Å². The maximum Gasteiger partial charge on any atom is 0.264 e. The van der Waals surface area contributed by atoms with Gasteiger partial charge in [0.05, 0.1) is 39.1 Å². The smallest absolute Gasteiger partial charge is 0.264 e. The molecular formula is C34H42N2O7S3. The van der Waals surface area contributed by atoms with E-state index in [-0.39, 0.29) is 21.2 Å². The minimum atomic E-state index is -4.30. The summed E-state index contributed by atoms with van der Waals surface area (Å²) in [6.07, 6.45) is 10.0. The summed E-state index contributed by atoms with van der Waals surface area (Å²) in [7, 11) is -11.9. The lowest BCUT2D eigenvalue weighted by Crippen LogP contribution is -2.47. The highest BCUT2D eigenvalue weighted by Gasteiger charge is 2.45. The number of rotatable bonds is 9. The number of aliphatic hydroxyl groups is 1. The topological polar surface area (TPSA) is 138 Å². The molecule has 3 aliphatic rings. The molecule has 1 saturated heterocycles. The van der Waals surface area contributed by atoms with Crippen LogP contribution in [0, 0.1) is 0 Å². The van der Waals surface area contributed by atoms with Gasteiger partial charge in [-0.3, -0.25) is 9.03 Å². The maximum absolute atomic E-state index is 14.1. The van der Waals surface area contributed by atoms with Crippen molar-refractivity contribution in [3.8, 4) is 0 Å². The van der Waals surface area contributed by atoms with Gasteiger partial charge in [-0.2, -0.15) is 0 Å². The molecule has 248 valence electrons. The SMILES string of the molecule is O=S1(=O)C[C@@H](O)[C@@H](N(c2ccc(NS(=O)(=O)c3ccc(C4CCCCC4)cc3)cc2)S(=O)(=O)c2ccc(C3CCCCC3)cc2)C1. The van der Waals surface area contributed by atoms with Gasteiger partial charge in [0.15, 0.2) is 9.84 Å². The third-order valence-corrected chi connectivity index (χ3v) is 14.7. The highest BCUT2D eigenvalue weighted by molar-refractivity contribution is 7.93. The molecule has 3 fully saturated rings. The minimum absolute atomic E-state index is 0.00925. The molecule has 0 amide bonds. The number of sulfone groups is 1. The van der Waals surface area contributed by atoms with Crippen LogP contribution in [0.3, 0.4) is 0 Å². The molecule has 9 nitrogen and oxygen atoms in total. The highest BCUT2D eigenvalue weighted by Crippen LogP contribution is 2.36. The average Bonchev–Trinajstić information content (AvgIpc) is 3.33. The van der Waals surface area contributed by atoms with Crippen molar-refractivity contribution >= 4 is 41.3 Å². The van der Waals surface area contributed by atoms with E-state index in [1.165, 1.54) is 49.9 Å². The van der Waals surface area contributed by atoms with Gasteiger partial charge >= 0.3 is 0 Å². The largest absolute Gasteiger partial charge is 0.390 e. The molecule has 0 spiro atoms. The molecule has 2 aliphatic carbocycles. The van der Waals surface area contributed by atoms with Gasteiger partial charge in [0, 0.05) is 5.69 Å². The molecule has 6 rings (SSSR count). The Morgan fingerprint density at radius 2 is 1.11 bits per heavy atom. The zero-order valence-electron chi connectivity index (χ0n) is 25.8. The van der Waals surface area contributed by atoms with Gasteiger partial charge in [-0.25, -0.2) is 25.3 Å². The normalized spacial score (nSPS) is 22.8. The Morgan fingerprint density at radius 1 is 0.630 bits per heavy atom. The van der Waals surface area contributed by atoms with E-state index in [1.807, 2.05) is 24.3 Å². The molecule has 2 N–H and O–H groups in total. The van der Waals surface area contributed by atoms with Gasteiger partial charge < -0.3 is 5.11 Å². The molecular weight excluding hydrogens is 645 g/mol. The van der Waals surface area contributed by atoms with Crippen LogP contribution in [0.25, 0.3) is 0 Å². The summed E-state index contributed by atoms with van der Waals surface area (Å²) < 4.78 is 83.1. The van der Waals surface area contributed by atoms with Crippen molar-refractivity contribution in [2.45, 2.75) is 98.0 Å². The number of anilines is 2. The van der Waals surface area contributed by atoms with Crippen LogP contribution in [-0.2, 0) is 29.9 Å². The first-order chi connectivity index (χ1) is 21.9. The third-order valence-electron chi connectivity index (χ3n) is 9.75. The van der Waals surface area contributed by atoms with Crippen LogP contribution in [0.5, 0.6) is 0 Å². The Labute approximate surface area is 273 Å². The molecule has 2 saturated carbocycles. The molecule has 1 heterocycles. The second-order valence-electron chi connectivity index (χ2n) is 13.0. The third kappa shape index (κ3) is 7.14. The quantitative estimate of drug-likeness (QED) is 0.284. The number of nitrogens with zero attached hydrogens (tertiary/aromatic N) is 1. The lowest BCUT2D eigenvalue weighted by Gasteiger charge is -2.31. The van der Waals surface area contributed by atoms with E-state index in [0.29, 0.717) is 11.8 Å². The summed E-state index contributed by atoms with van der Waals surface area (Å²) in [6, 6.07) is 18.2. The molecule has 0 radical (unpaired) electrons. The second kappa shape index (κ2) is 13.3. The fraction of sp³-hybridized carbons (Fsp3) is 0.471. The van der Waals surface area contributed by atoms with Crippen LogP contribution in [0.1, 0.15) is 87.2 Å². The van der Waals surface area contributed by atoms with Crippen molar-refractivity contribution in [1.82, 2.24) is 0 Å². The number of sulfonamides is 2. The van der Waals surface area contributed by atoms with Crippen molar-refractivity contribution in [2.75, 3.05) is 20.5 Å². The van der Waals surface area contributed by atoms with Gasteiger partial charge in [-0.1, -0.05) is 62.8 Å². The summed E-state index contributed by atoms with van der Waals surface area (Å²) in [4.78, 5) is 0.112. The molecule has 12 heteroatoms. The minimum Gasteiger partial charge on any atom is -0.390 e. The van der Waals surface area contributed by atoms with E-state index in [4.69, 9.17) is 0 Å². The fourth-order valence-corrected chi connectivity index (χ4v) is 11.9. The van der Waals surface area contributed by atoms with Crippen molar-refractivity contribution in [2.24, 2.45) is 0 Å². The van der Waals surface area contributed by atoms with Gasteiger partial charge in [-0.15, -0.1) is 0 Å². The van der Waals surface area contributed by atoms with Crippen LogP contribution < -0.4 is 9.03 Å². The Morgan fingerprint density at radius 3 is 1.57 bits per heavy atom. The summed E-state index contributed by atoms with van der Waals surface area (Å²) >= 11 is 0.